The lowest BCUT2D eigenvalue weighted by atomic mass is 9.66. The van der Waals surface area contributed by atoms with Gasteiger partial charge in [0.05, 0.1) is 29.2 Å². The van der Waals surface area contributed by atoms with Gasteiger partial charge in [-0.3, -0.25) is 14.4 Å². The Morgan fingerprint density at radius 1 is 1.24 bits per heavy atom. The summed E-state index contributed by atoms with van der Waals surface area (Å²) in [5.74, 6) is -3.31. The van der Waals surface area contributed by atoms with Crippen LogP contribution in [0.2, 0.25) is 0 Å². The minimum atomic E-state index is -0.991. The molecule has 7 atom stereocenters. The summed E-state index contributed by atoms with van der Waals surface area (Å²) in [6.07, 6.45) is 3.59. The van der Waals surface area contributed by atoms with E-state index in [0.717, 1.165) is 10.8 Å². The topological polar surface area (TPSA) is 98.2 Å². The maximum absolute atomic E-state index is 14.7. The Bertz CT molecular complexity index is 1300. The number of anilines is 1. The first-order chi connectivity index (χ1) is 18.1. The molecule has 1 spiro atoms. The molecule has 2 unspecified atom stereocenters. The molecule has 3 saturated heterocycles. The van der Waals surface area contributed by atoms with Gasteiger partial charge < -0.3 is 20.0 Å². The minimum Gasteiger partial charge on any atom is -0.481 e. The molecule has 2 bridgehead atoms. The van der Waals surface area contributed by atoms with Crippen LogP contribution < -0.4 is 4.90 Å². The van der Waals surface area contributed by atoms with Gasteiger partial charge in [0, 0.05) is 17.0 Å². The average molecular weight is 537 g/mol. The van der Waals surface area contributed by atoms with Crippen LogP contribution in [0.3, 0.4) is 0 Å². The molecule has 2 N–H and O–H groups in total. The van der Waals surface area contributed by atoms with Crippen molar-refractivity contribution < 1.29 is 24.6 Å². The maximum atomic E-state index is 14.7. The van der Waals surface area contributed by atoms with Gasteiger partial charge in [0.2, 0.25) is 5.91 Å². The molecule has 3 aliphatic rings. The molecule has 0 aromatic heterocycles. The van der Waals surface area contributed by atoms with Gasteiger partial charge in [0.15, 0.2) is 0 Å². The normalized spacial score (nSPS) is 31.3. The highest BCUT2D eigenvalue weighted by Gasteiger charge is 2.78. The summed E-state index contributed by atoms with van der Waals surface area (Å²) in [7, 11) is 0. The Morgan fingerprint density at radius 3 is 2.58 bits per heavy atom. The Labute approximate surface area is 227 Å². The molecular formula is C30H36N2O5S. The van der Waals surface area contributed by atoms with Gasteiger partial charge in [-0.15, -0.1) is 18.3 Å². The third kappa shape index (κ3) is 3.79. The fraction of sp³-hybridized carbons (Fsp3) is 0.500. The van der Waals surface area contributed by atoms with Crippen molar-refractivity contribution in [2.75, 3.05) is 18.1 Å². The van der Waals surface area contributed by atoms with Gasteiger partial charge in [-0.05, 0) is 48.6 Å². The molecule has 3 aliphatic heterocycles. The quantitative estimate of drug-likeness (QED) is 0.463. The zero-order valence-corrected chi connectivity index (χ0v) is 23.0. The number of rotatable bonds is 9. The van der Waals surface area contributed by atoms with Crippen molar-refractivity contribution in [3.05, 3.63) is 55.1 Å². The second-order valence-electron chi connectivity index (χ2n) is 11.2. The first kappa shape index (κ1) is 26.8. The lowest BCUT2D eigenvalue weighted by Gasteiger charge is -2.41. The van der Waals surface area contributed by atoms with Crippen LogP contribution in [0.5, 0.6) is 0 Å². The lowest BCUT2D eigenvalue weighted by Crippen LogP contribution is -2.58. The molecule has 5 rings (SSSR count). The SMILES string of the molecule is C=CCN(C(=O)C1N([C@@H](CO)[C@@H](C)CC)C(=O)[C@@H]2[C@@H](C(=O)O)[C@@]3(C)CCC12S3)c1ccc2ccccc2c1. The lowest BCUT2D eigenvalue weighted by molar-refractivity contribution is -0.151. The van der Waals surface area contributed by atoms with Crippen LogP contribution in [0.15, 0.2) is 55.1 Å². The molecule has 0 saturated carbocycles. The number of carbonyl (C=O) groups excluding carboxylic acids is 2. The number of aliphatic hydroxyl groups excluding tert-OH is 1. The Hall–Kier alpha value is -2.84. The Kier molecular flexibility index (Phi) is 6.84. The molecule has 38 heavy (non-hydrogen) atoms. The van der Waals surface area contributed by atoms with E-state index >= 15 is 0 Å². The highest BCUT2D eigenvalue weighted by molar-refractivity contribution is 8.02. The van der Waals surface area contributed by atoms with E-state index in [4.69, 9.17) is 0 Å². The van der Waals surface area contributed by atoms with Gasteiger partial charge in [0.1, 0.15) is 6.04 Å². The van der Waals surface area contributed by atoms with Crippen molar-refractivity contribution >= 4 is 46.0 Å². The number of aliphatic hydroxyl groups is 1. The number of aliphatic carboxylic acids is 1. The number of nitrogens with zero attached hydrogens (tertiary/aromatic N) is 2. The van der Waals surface area contributed by atoms with E-state index < -0.39 is 39.4 Å². The van der Waals surface area contributed by atoms with Crippen LogP contribution in [0.25, 0.3) is 10.8 Å². The standard InChI is InChI=1S/C30H36N2O5S/c1-5-15-31(21-12-11-19-9-7-8-10-20(19)16-21)27(35)25-30-14-13-29(4,38-30)24(28(36)37)23(30)26(34)32(25)22(17-33)18(3)6-2/h5,7-12,16,18,22-25,33H,1,6,13-15,17H2,2-4H3,(H,36,37)/t18-,22-,23-,24-,25?,29+,30?/m0/s1. The molecule has 3 heterocycles. The highest BCUT2D eigenvalue weighted by Crippen LogP contribution is 2.71. The smallest absolute Gasteiger partial charge is 0.308 e. The van der Waals surface area contributed by atoms with Crippen molar-refractivity contribution in [3.63, 3.8) is 0 Å². The van der Waals surface area contributed by atoms with Gasteiger partial charge >= 0.3 is 5.97 Å². The van der Waals surface area contributed by atoms with Gasteiger partial charge in [-0.1, -0.05) is 56.7 Å². The number of likely N-dealkylation sites (tertiary alicyclic amines) is 1. The van der Waals surface area contributed by atoms with Crippen molar-refractivity contribution in [2.24, 2.45) is 17.8 Å². The monoisotopic (exact) mass is 536 g/mol. The molecule has 2 aromatic carbocycles. The number of carboxylic acids is 1. The van der Waals surface area contributed by atoms with E-state index in [-0.39, 0.29) is 30.9 Å². The average Bonchev–Trinajstić information content (AvgIpc) is 3.48. The van der Waals surface area contributed by atoms with Crippen LogP contribution >= 0.6 is 11.8 Å². The number of thioether (sulfide) groups is 1. The molecular weight excluding hydrogens is 500 g/mol. The van der Waals surface area contributed by atoms with E-state index in [9.17, 15) is 24.6 Å². The number of carboxylic acid groups (broad SMARTS) is 1. The van der Waals surface area contributed by atoms with E-state index in [0.29, 0.717) is 24.9 Å². The third-order valence-corrected chi connectivity index (χ3v) is 11.2. The van der Waals surface area contributed by atoms with Crippen LogP contribution in [0, 0.1) is 17.8 Å². The molecule has 2 aromatic rings. The van der Waals surface area contributed by atoms with E-state index in [1.54, 1.807) is 15.9 Å². The molecule has 3 fully saturated rings. The predicted octanol–water partition coefficient (Wildman–Crippen LogP) is 4.33. The predicted molar refractivity (Wildman–Crippen MR) is 150 cm³/mol. The first-order valence-electron chi connectivity index (χ1n) is 13.4. The van der Waals surface area contributed by atoms with Crippen LogP contribution in [-0.2, 0) is 14.4 Å². The number of carbonyl (C=O) groups is 3. The van der Waals surface area contributed by atoms with Crippen LogP contribution in [-0.4, -0.2) is 67.6 Å². The largest absolute Gasteiger partial charge is 0.481 e. The van der Waals surface area contributed by atoms with Crippen LogP contribution in [0.1, 0.15) is 40.0 Å². The zero-order chi connectivity index (χ0) is 27.4. The minimum absolute atomic E-state index is 0.0657. The fourth-order valence-electron chi connectivity index (χ4n) is 7.13. The number of amides is 2. The van der Waals surface area contributed by atoms with Crippen molar-refractivity contribution in [2.45, 2.75) is 61.6 Å². The van der Waals surface area contributed by atoms with Crippen molar-refractivity contribution in [1.29, 1.82) is 0 Å². The molecule has 0 radical (unpaired) electrons. The number of hydrogen-bond donors (Lipinski definition) is 2. The summed E-state index contributed by atoms with van der Waals surface area (Å²) >= 11 is 1.51. The van der Waals surface area contributed by atoms with Gasteiger partial charge in [-0.2, -0.15) is 0 Å². The van der Waals surface area contributed by atoms with E-state index in [1.165, 1.54) is 11.8 Å². The number of hydrogen-bond acceptors (Lipinski definition) is 5. The zero-order valence-electron chi connectivity index (χ0n) is 22.2. The Morgan fingerprint density at radius 2 is 1.95 bits per heavy atom. The second-order valence-corrected chi connectivity index (χ2v) is 13.1. The summed E-state index contributed by atoms with van der Waals surface area (Å²) in [4.78, 5) is 44.7. The molecule has 0 aliphatic carbocycles. The van der Waals surface area contributed by atoms with Gasteiger partial charge in [0.25, 0.3) is 5.91 Å². The van der Waals surface area contributed by atoms with Crippen molar-refractivity contribution in [1.82, 2.24) is 4.90 Å². The summed E-state index contributed by atoms with van der Waals surface area (Å²) in [6, 6.07) is 12.3. The van der Waals surface area contributed by atoms with Gasteiger partial charge in [-0.25, -0.2) is 0 Å². The Balaban J connectivity index is 1.65. The highest BCUT2D eigenvalue weighted by atomic mass is 32.2. The summed E-state index contributed by atoms with van der Waals surface area (Å²) in [5, 5.41) is 22.8. The molecule has 8 heteroatoms. The number of fused-ring (bicyclic) bond motifs is 2. The summed E-state index contributed by atoms with van der Waals surface area (Å²) in [6.45, 7) is 9.72. The number of benzene rings is 2. The first-order valence-corrected chi connectivity index (χ1v) is 14.2. The summed E-state index contributed by atoms with van der Waals surface area (Å²) < 4.78 is -1.47. The van der Waals surface area contributed by atoms with E-state index in [1.807, 2.05) is 63.2 Å². The maximum Gasteiger partial charge on any atom is 0.308 e. The second kappa shape index (κ2) is 9.72. The molecule has 202 valence electrons. The third-order valence-electron chi connectivity index (χ3n) is 9.18. The van der Waals surface area contributed by atoms with Crippen molar-refractivity contribution in [3.8, 4) is 0 Å². The molecule has 2 amide bonds. The van der Waals surface area contributed by atoms with E-state index in [2.05, 4.69) is 6.58 Å². The van der Waals surface area contributed by atoms with Crippen LogP contribution in [0.4, 0.5) is 5.69 Å². The fourth-order valence-corrected chi connectivity index (χ4v) is 9.46. The summed E-state index contributed by atoms with van der Waals surface area (Å²) in [5.41, 5.74) is 0.698. The molecule has 7 nitrogen and oxygen atoms in total.